The van der Waals surface area contributed by atoms with Crippen molar-refractivity contribution in [2.75, 3.05) is 94.3 Å². The van der Waals surface area contributed by atoms with Crippen molar-refractivity contribution in [2.24, 2.45) is 5.92 Å². The Morgan fingerprint density at radius 1 is 0.441 bits per heavy atom. The first kappa shape index (κ1) is 75.9. The van der Waals surface area contributed by atoms with E-state index in [0.717, 1.165) is 42.5 Å². The van der Waals surface area contributed by atoms with Crippen molar-refractivity contribution in [3.63, 3.8) is 0 Å². The monoisotopic (exact) mass is 1420 g/mol. The number of nitro benzene ring substituents is 4. The number of carboxylic acids is 1. The molecule has 4 aromatic rings. The normalized spacial score (nSPS) is 17.4. The van der Waals surface area contributed by atoms with Crippen LogP contribution in [0.4, 0.5) is 22.7 Å². The standard InChI is InChI=1S/C68H76N8O26/c1-37-17-44(69(31-37)65(81)47-23-56(93-7)60(27-52(47)73(85)86)97-13-11-14-98-61-28-53(74(87)88)48(24-57(61)94-8)66(82)70-32-38(2)18-45(70)35-101-41(5)77)21-43(22-64(79)80)51-20-40(4)34-72(51)68(84)50-26-59(96-10)63(30-55(50)76(91)92)100-16-12-15-99-62-29-54(75(89)90)49(25-58(62)95-9)67(83)71-33-39(3)19-46(71)36-102-42(6)78/h23-30,43-46,51H,1-4,11-22,31-36H2,5-10H3,(H,79,80)/t43?,44-,45+,46+,51+/m1/s1. The van der Waals surface area contributed by atoms with Gasteiger partial charge in [0, 0.05) is 89.2 Å². The quantitative estimate of drug-likeness (QED) is 0.0154. The first-order valence-electron chi connectivity index (χ1n) is 31.8. The molecule has 34 heteroatoms. The van der Waals surface area contributed by atoms with Crippen molar-refractivity contribution in [1.29, 1.82) is 0 Å². The van der Waals surface area contributed by atoms with E-state index in [-0.39, 0.29) is 155 Å². The summed E-state index contributed by atoms with van der Waals surface area (Å²) in [7, 11) is 5.00. The van der Waals surface area contributed by atoms with Crippen molar-refractivity contribution in [1.82, 2.24) is 19.6 Å². The maximum absolute atomic E-state index is 14.8. The molecule has 0 bridgehead atoms. The summed E-state index contributed by atoms with van der Waals surface area (Å²) in [5.74, 6) is -7.37. The lowest BCUT2D eigenvalue weighted by Crippen LogP contribution is -2.44. The molecule has 8 rings (SSSR count). The van der Waals surface area contributed by atoms with Gasteiger partial charge in [-0.3, -0.25) is 74.0 Å². The van der Waals surface area contributed by atoms with Gasteiger partial charge in [-0.2, -0.15) is 0 Å². The van der Waals surface area contributed by atoms with Crippen LogP contribution in [0, 0.1) is 46.4 Å². The third-order valence-corrected chi connectivity index (χ3v) is 17.4. The molecule has 0 aliphatic carbocycles. The Hall–Kier alpha value is -11.9. The highest BCUT2D eigenvalue weighted by molar-refractivity contribution is 6.02. The summed E-state index contributed by atoms with van der Waals surface area (Å²) in [4.78, 5) is 145. The minimum absolute atomic E-state index is 0.0252. The summed E-state index contributed by atoms with van der Waals surface area (Å²) in [6, 6.07) is 5.56. The van der Waals surface area contributed by atoms with Crippen molar-refractivity contribution in [3.8, 4) is 46.0 Å². The Kier molecular flexibility index (Phi) is 24.8. The Morgan fingerprint density at radius 3 is 1.00 bits per heavy atom. The molecule has 4 amide bonds. The molecular weight excluding hydrogens is 1340 g/mol. The fourth-order valence-electron chi connectivity index (χ4n) is 12.7. The molecule has 4 saturated heterocycles. The second kappa shape index (κ2) is 33.3. The number of methoxy groups -OCH3 is 4. The molecule has 1 unspecified atom stereocenters. The first-order chi connectivity index (χ1) is 48.5. The predicted octanol–water partition coefficient (Wildman–Crippen LogP) is 8.44. The van der Waals surface area contributed by atoms with Crippen LogP contribution < -0.4 is 37.9 Å². The predicted molar refractivity (Wildman–Crippen MR) is 358 cm³/mol. The van der Waals surface area contributed by atoms with Gasteiger partial charge in [0.2, 0.25) is 0 Å². The lowest BCUT2D eigenvalue weighted by molar-refractivity contribution is -0.385. The van der Waals surface area contributed by atoms with Gasteiger partial charge in [-0.15, -0.1) is 0 Å². The molecule has 0 spiro atoms. The van der Waals surface area contributed by atoms with Gasteiger partial charge in [-0.1, -0.05) is 48.6 Å². The van der Waals surface area contributed by atoms with Gasteiger partial charge in [-0.05, 0) is 38.0 Å². The van der Waals surface area contributed by atoms with Crippen molar-refractivity contribution in [3.05, 3.63) is 160 Å². The third kappa shape index (κ3) is 17.8. The Bertz CT molecular complexity index is 4080. The lowest BCUT2D eigenvalue weighted by Gasteiger charge is -2.34. The maximum Gasteiger partial charge on any atom is 0.303 e. The van der Waals surface area contributed by atoms with Crippen LogP contribution in [-0.2, 0) is 23.9 Å². The average molecular weight is 1420 g/mol. The molecule has 0 saturated carbocycles. The SMILES string of the molecule is C=C1C[C@@H](COC(C)=O)N(C(=O)c2cc(OC)c(OCCCOc3cc([N+](=O)[O-])c(C(=O)N4CC(=C)C[C@@H]4CC(CC(=O)O)[C@@H]4CC(=C)CN4C(=O)c4cc(OC)c(OCCCOc5cc([N+](=O)[O-])c(C(=O)N6CC(=C)C[C@H]6COC(C)=O)cc5OC)cc4[N+](=O)[O-])cc3OC)cc2[N+](=O)[O-])C1. The van der Waals surface area contributed by atoms with Crippen LogP contribution >= 0.6 is 0 Å². The van der Waals surface area contributed by atoms with Crippen LogP contribution in [0.3, 0.4) is 0 Å². The van der Waals surface area contributed by atoms with E-state index >= 15 is 0 Å². The highest BCUT2D eigenvalue weighted by atomic mass is 16.6. The topological polar surface area (TPSA) is 418 Å². The Morgan fingerprint density at radius 2 is 0.716 bits per heavy atom. The lowest BCUT2D eigenvalue weighted by atomic mass is 9.86. The number of aliphatic carboxylic acids is 1. The van der Waals surface area contributed by atoms with Gasteiger partial charge >= 0.3 is 17.9 Å². The van der Waals surface area contributed by atoms with E-state index in [1.807, 2.05) is 0 Å². The average Bonchev–Trinajstić information content (AvgIpc) is 1.49. The fourth-order valence-corrected chi connectivity index (χ4v) is 12.7. The summed E-state index contributed by atoms with van der Waals surface area (Å²) in [5, 5.41) is 60.7. The van der Waals surface area contributed by atoms with Crippen LogP contribution in [0.5, 0.6) is 46.0 Å². The molecule has 4 heterocycles. The van der Waals surface area contributed by atoms with Crippen molar-refractivity contribution >= 4 is 64.3 Å². The zero-order valence-corrected chi connectivity index (χ0v) is 56.8. The molecule has 102 heavy (non-hydrogen) atoms. The molecule has 5 atom stereocenters. The van der Waals surface area contributed by atoms with E-state index in [4.69, 9.17) is 47.4 Å². The third-order valence-electron chi connectivity index (χ3n) is 17.4. The van der Waals surface area contributed by atoms with Crippen LogP contribution in [0.2, 0.25) is 0 Å². The van der Waals surface area contributed by atoms with Crippen LogP contribution in [0.1, 0.15) is 107 Å². The van der Waals surface area contributed by atoms with Gasteiger partial charge in [0.25, 0.3) is 46.4 Å². The molecule has 4 fully saturated rings. The second-order valence-corrected chi connectivity index (χ2v) is 24.5. The number of nitrogens with zero attached hydrogens (tertiary/aromatic N) is 8. The Balaban J connectivity index is 0.929. The molecule has 0 radical (unpaired) electrons. The number of rotatable bonds is 33. The van der Waals surface area contributed by atoms with Crippen LogP contribution in [0.15, 0.2) is 97.1 Å². The molecule has 1 N–H and O–H groups in total. The summed E-state index contributed by atoms with van der Waals surface area (Å²) < 4.78 is 55.7. The summed E-state index contributed by atoms with van der Waals surface area (Å²) in [6.45, 7) is 17.3. The largest absolute Gasteiger partial charge is 0.493 e. The fraction of sp³-hybridized carbons (Fsp3) is 0.426. The number of carboxylic acid groups (broad SMARTS) is 1. The number of amides is 4. The summed E-state index contributed by atoms with van der Waals surface area (Å²) >= 11 is 0. The second-order valence-electron chi connectivity index (χ2n) is 24.5. The molecule has 4 aliphatic heterocycles. The number of esters is 2. The molecule has 4 aromatic carbocycles. The summed E-state index contributed by atoms with van der Waals surface area (Å²) in [5.41, 5.74) is -1.82. The van der Waals surface area contributed by atoms with Crippen molar-refractivity contribution in [2.45, 2.75) is 89.4 Å². The van der Waals surface area contributed by atoms with Gasteiger partial charge < -0.3 is 72.1 Å². The number of carbonyl (C=O) groups excluding carboxylic acids is 6. The number of hydrogen-bond donors (Lipinski definition) is 1. The number of carbonyl (C=O) groups is 7. The van der Waals surface area contributed by atoms with Crippen LogP contribution in [-0.4, -0.2) is 204 Å². The van der Waals surface area contributed by atoms with E-state index in [1.54, 1.807) is 0 Å². The van der Waals surface area contributed by atoms with Gasteiger partial charge in [-0.25, -0.2) is 0 Å². The minimum atomic E-state index is -1.28. The highest BCUT2D eigenvalue weighted by Crippen LogP contribution is 2.44. The summed E-state index contributed by atoms with van der Waals surface area (Å²) in [6.07, 6.45) is 0.237. The van der Waals surface area contributed by atoms with E-state index in [2.05, 4.69) is 26.3 Å². The molecule has 34 nitrogen and oxygen atoms in total. The number of hydrogen-bond acceptors (Lipinski definition) is 25. The van der Waals surface area contributed by atoms with E-state index < -0.39 is 132 Å². The molecular formula is C68H76N8O26. The van der Waals surface area contributed by atoms with E-state index in [0.29, 0.717) is 35.1 Å². The molecule has 544 valence electrons. The zero-order chi connectivity index (χ0) is 74.5. The number of ether oxygens (including phenoxy) is 10. The molecule has 4 aliphatic rings. The Labute approximate surface area is 583 Å². The number of likely N-dealkylation sites (tertiary alicyclic amines) is 4. The van der Waals surface area contributed by atoms with Gasteiger partial charge in [0.15, 0.2) is 46.0 Å². The maximum atomic E-state index is 14.8. The van der Waals surface area contributed by atoms with E-state index in [1.165, 1.54) is 68.0 Å². The molecule has 0 aromatic heterocycles. The minimum Gasteiger partial charge on any atom is -0.493 e. The first-order valence-corrected chi connectivity index (χ1v) is 31.8. The zero-order valence-electron chi connectivity index (χ0n) is 56.8. The van der Waals surface area contributed by atoms with Gasteiger partial charge in [0.05, 0.1) is 117 Å². The van der Waals surface area contributed by atoms with E-state index in [9.17, 15) is 79.1 Å². The highest BCUT2D eigenvalue weighted by Gasteiger charge is 2.45. The van der Waals surface area contributed by atoms with Crippen molar-refractivity contribution < 1.29 is 106 Å². The van der Waals surface area contributed by atoms with Crippen LogP contribution in [0.25, 0.3) is 0 Å². The number of nitro groups is 4. The number of benzene rings is 4. The smallest absolute Gasteiger partial charge is 0.303 e. The van der Waals surface area contributed by atoms with Gasteiger partial charge in [0.1, 0.15) is 35.5 Å².